The van der Waals surface area contributed by atoms with E-state index in [1.165, 1.54) is 31.4 Å². The highest BCUT2D eigenvalue weighted by Gasteiger charge is 2.26. The van der Waals surface area contributed by atoms with Gasteiger partial charge in [-0.25, -0.2) is 0 Å². The summed E-state index contributed by atoms with van der Waals surface area (Å²) in [5.74, 6) is 0.366. The largest absolute Gasteiger partial charge is 0.508 e. The zero-order valence-electron chi connectivity index (χ0n) is 32.2. The molecule has 4 aromatic carbocycles. The van der Waals surface area contributed by atoms with E-state index in [0.29, 0.717) is 5.75 Å². The Morgan fingerprint density at radius 3 is 1.31 bits per heavy atom. The van der Waals surface area contributed by atoms with Crippen LogP contribution in [-0.4, -0.2) is 44.6 Å². The number of hydrogen-bond acceptors (Lipinski definition) is 9. The molecule has 4 aromatic rings. The van der Waals surface area contributed by atoms with E-state index in [9.17, 15) is 30.0 Å². The smallest absolute Gasteiger partial charge is 0.310 e. The standard InChI is InChI=1S/C19H22O4.C15H24O2.C9H10O3/c1-19(2,3)16-10-14(6-9-17(16)21)12-23-18(22)11-13-4-7-15(20)8-5-13;1-14(2,3)11-7-10(9-16)8-12(13(11)17)15(4,5)6;1-12-9(11)6-7-2-4-8(10)5-3-7/h4-10,20-21H,11-12H2,1-3H3;7-8,16-17H,9H2,1-6H3;2-5,10H,6H2,1H3. The van der Waals surface area contributed by atoms with Gasteiger partial charge in [-0.2, -0.15) is 0 Å². The lowest BCUT2D eigenvalue weighted by atomic mass is 9.78. The molecule has 0 aromatic heterocycles. The minimum Gasteiger partial charge on any atom is -0.508 e. The topological polar surface area (TPSA) is 154 Å². The van der Waals surface area contributed by atoms with E-state index in [0.717, 1.165) is 38.9 Å². The molecule has 0 spiro atoms. The Morgan fingerprint density at radius 2 is 0.923 bits per heavy atom. The van der Waals surface area contributed by atoms with E-state index in [2.05, 4.69) is 46.3 Å². The van der Waals surface area contributed by atoms with Gasteiger partial charge < -0.3 is 35.0 Å². The number of aliphatic hydroxyl groups excluding tert-OH is 1. The number of aromatic hydroxyl groups is 4. The first-order chi connectivity index (χ1) is 24.0. The number of hydrogen-bond donors (Lipinski definition) is 5. The maximum absolute atomic E-state index is 11.9. The third-order valence-corrected chi connectivity index (χ3v) is 8.03. The van der Waals surface area contributed by atoms with Gasteiger partial charge in [0.05, 0.1) is 26.6 Å². The highest BCUT2D eigenvalue weighted by molar-refractivity contribution is 5.73. The normalized spacial score (nSPS) is 11.4. The fourth-order valence-electron chi connectivity index (χ4n) is 5.05. The molecular weight excluding hydrogens is 660 g/mol. The van der Waals surface area contributed by atoms with Crippen molar-refractivity contribution in [2.24, 2.45) is 0 Å². The Labute approximate surface area is 308 Å². The van der Waals surface area contributed by atoms with E-state index in [4.69, 9.17) is 9.84 Å². The molecule has 0 bridgehead atoms. The van der Waals surface area contributed by atoms with Crippen molar-refractivity contribution in [1.29, 1.82) is 0 Å². The second-order valence-corrected chi connectivity index (χ2v) is 15.7. The summed E-state index contributed by atoms with van der Waals surface area (Å²) >= 11 is 0. The number of methoxy groups -OCH3 is 1. The third-order valence-electron chi connectivity index (χ3n) is 8.03. The molecule has 282 valence electrons. The molecular formula is C43H56O9. The maximum Gasteiger partial charge on any atom is 0.310 e. The summed E-state index contributed by atoms with van der Waals surface area (Å²) in [6, 6.07) is 21.9. The summed E-state index contributed by atoms with van der Waals surface area (Å²) < 4.78 is 9.77. The predicted molar refractivity (Wildman–Crippen MR) is 204 cm³/mol. The molecule has 0 unspecified atom stereocenters. The molecule has 0 fully saturated rings. The second kappa shape index (κ2) is 18.5. The monoisotopic (exact) mass is 716 g/mol. The number of carbonyl (C=O) groups is 2. The average molecular weight is 717 g/mol. The summed E-state index contributed by atoms with van der Waals surface area (Å²) in [5.41, 5.74) is 5.49. The van der Waals surface area contributed by atoms with Crippen LogP contribution < -0.4 is 0 Å². The van der Waals surface area contributed by atoms with Crippen molar-refractivity contribution < 1.29 is 44.6 Å². The maximum atomic E-state index is 11.9. The summed E-state index contributed by atoms with van der Waals surface area (Å²) in [6.07, 6.45) is 0.404. The van der Waals surface area contributed by atoms with Crippen LogP contribution in [0, 0.1) is 0 Å². The van der Waals surface area contributed by atoms with E-state index < -0.39 is 0 Å². The van der Waals surface area contributed by atoms with Gasteiger partial charge in [0.1, 0.15) is 29.6 Å². The Balaban J connectivity index is 0.000000285. The van der Waals surface area contributed by atoms with Crippen molar-refractivity contribution in [3.8, 4) is 23.0 Å². The van der Waals surface area contributed by atoms with Crippen LogP contribution in [0.3, 0.4) is 0 Å². The van der Waals surface area contributed by atoms with Crippen LogP contribution >= 0.6 is 0 Å². The lowest BCUT2D eigenvalue weighted by Crippen LogP contribution is -2.17. The van der Waals surface area contributed by atoms with Gasteiger partial charge in [-0.1, -0.05) is 92.6 Å². The van der Waals surface area contributed by atoms with Crippen LogP contribution in [0.15, 0.2) is 78.9 Å². The van der Waals surface area contributed by atoms with Crippen molar-refractivity contribution >= 4 is 11.9 Å². The van der Waals surface area contributed by atoms with Crippen molar-refractivity contribution in [3.63, 3.8) is 0 Å². The van der Waals surface area contributed by atoms with E-state index in [1.807, 2.05) is 39.0 Å². The van der Waals surface area contributed by atoms with Crippen LogP contribution in [0.25, 0.3) is 0 Å². The molecule has 0 aliphatic carbocycles. The molecule has 5 N–H and O–H groups in total. The Hall–Kier alpha value is -5.02. The molecule has 9 heteroatoms. The van der Waals surface area contributed by atoms with Crippen LogP contribution in [0.5, 0.6) is 23.0 Å². The van der Waals surface area contributed by atoms with Gasteiger partial charge in [0, 0.05) is 0 Å². The van der Waals surface area contributed by atoms with Crippen molar-refractivity contribution in [1.82, 2.24) is 0 Å². The first-order valence-electron chi connectivity index (χ1n) is 17.1. The number of carbonyl (C=O) groups excluding carboxylic acids is 2. The zero-order valence-corrected chi connectivity index (χ0v) is 32.2. The second-order valence-electron chi connectivity index (χ2n) is 15.7. The summed E-state index contributed by atoms with van der Waals surface area (Å²) in [7, 11) is 1.35. The highest BCUT2D eigenvalue weighted by atomic mass is 16.5. The summed E-state index contributed by atoms with van der Waals surface area (Å²) in [5, 5.41) is 47.8. The van der Waals surface area contributed by atoms with E-state index >= 15 is 0 Å². The Kier molecular flexibility index (Phi) is 15.3. The Morgan fingerprint density at radius 1 is 0.538 bits per heavy atom. The highest BCUT2D eigenvalue weighted by Crippen LogP contribution is 2.39. The number of rotatable bonds is 7. The van der Waals surface area contributed by atoms with Gasteiger partial charge in [-0.3, -0.25) is 9.59 Å². The van der Waals surface area contributed by atoms with Crippen molar-refractivity contribution in [2.45, 2.75) is 105 Å². The number of ether oxygens (including phenoxy) is 2. The predicted octanol–water partition coefficient (Wildman–Crippen LogP) is 8.27. The molecule has 0 saturated heterocycles. The molecule has 52 heavy (non-hydrogen) atoms. The average Bonchev–Trinajstić information content (AvgIpc) is 3.05. The van der Waals surface area contributed by atoms with Crippen LogP contribution in [0.2, 0.25) is 0 Å². The zero-order chi connectivity index (χ0) is 39.4. The molecule has 0 amide bonds. The quantitative estimate of drug-likeness (QED) is 0.119. The van der Waals surface area contributed by atoms with Crippen molar-refractivity contribution in [2.75, 3.05) is 7.11 Å². The van der Waals surface area contributed by atoms with Gasteiger partial charge in [-0.05, 0) is 104 Å². The van der Waals surface area contributed by atoms with Crippen molar-refractivity contribution in [3.05, 3.63) is 118 Å². The van der Waals surface area contributed by atoms with E-state index in [1.54, 1.807) is 36.4 Å². The molecule has 0 aliphatic heterocycles. The Bertz CT molecular complexity index is 1720. The number of aliphatic hydroxyl groups is 1. The van der Waals surface area contributed by atoms with Gasteiger partial charge in [0.2, 0.25) is 0 Å². The summed E-state index contributed by atoms with van der Waals surface area (Å²) in [4.78, 5) is 22.7. The van der Waals surface area contributed by atoms with Crippen LogP contribution in [0.4, 0.5) is 0 Å². The van der Waals surface area contributed by atoms with Crippen LogP contribution in [0.1, 0.15) is 101 Å². The fourth-order valence-corrected chi connectivity index (χ4v) is 5.05. The molecule has 9 nitrogen and oxygen atoms in total. The van der Waals surface area contributed by atoms with Crippen LogP contribution in [-0.2, 0) is 61.4 Å². The molecule has 0 heterocycles. The third kappa shape index (κ3) is 13.9. The van der Waals surface area contributed by atoms with Gasteiger partial charge in [-0.15, -0.1) is 0 Å². The minimum absolute atomic E-state index is 0.00639. The lowest BCUT2D eigenvalue weighted by Gasteiger charge is -2.28. The van der Waals surface area contributed by atoms with Gasteiger partial charge in [0.25, 0.3) is 0 Å². The molecule has 4 rings (SSSR count). The lowest BCUT2D eigenvalue weighted by molar-refractivity contribution is -0.144. The first-order valence-corrected chi connectivity index (χ1v) is 17.1. The number of benzene rings is 4. The first kappa shape index (κ1) is 43.1. The number of phenols is 4. The molecule has 0 aliphatic rings. The molecule has 0 atom stereocenters. The van der Waals surface area contributed by atoms with Gasteiger partial charge in [0.15, 0.2) is 0 Å². The summed E-state index contributed by atoms with van der Waals surface area (Å²) in [6.45, 7) is 18.6. The molecule has 0 saturated carbocycles. The van der Waals surface area contributed by atoms with E-state index in [-0.39, 0.29) is 71.5 Å². The fraction of sp³-hybridized carbons (Fsp3) is 0.395. The number of esters is 2. The van der Waals surface area contributed by atoms with Gasteiger partial charge >= 0.3 is 11.9 Å². The molecule has 0 radical (unpaired) electrons. The SMILES string of the molecule is CC(C)(C)c1cc(CO)cc(C(C)(C)C)c1O.CC(C)(C)c1cc(COC(=O)Cc2ccc(O)cc2)ccc1O.COC(=O)Cc1ccc(O)cc1. The minimum atomic E-state index is -0.332. The number of phenolic OH excluding ortho intramolecular Hbond substituents is 4.